The van der Waals surface area contributed by atoms with Crippen LogP contribution < -0.4 is 0 Å². The zero-order valence-corrected chi connectivity index (χ0v) is 13.8. The highest BCUT2D eigenvalue weighted by atomic mass is 32.1. The Kier molecular flexibility index (Phi) is 3.77. The molecule has 0 aliphatic rings. The number of thiophene rings is 1. The Hall–Kier alpha value is -3.43. The molecule has 3 aromatic heterocycles. The van der Waals surface area contributed by atoms with Gasteiger partial charge in [0.25, 0.3) is 0 Å². The molecule has 5 nitrogen and oxygen atoms in total. The minimum Gasteiger partial charge on any atom is -0.494 e. The van der Waals surface area contributed by atoms with Gasteiger partial charge < -0.3 is 10.1 Å². The number of nitriles is 1. The van der Waals surface area contributed by atoms with Crippen LogP contribution in [0.5, 0.6) is 5.88 Å². The number of H-pyrrole nitrogens is 1. The predicted molar refractivity (Wildman–Crippen MR) is 99.5 cm³/mol. The van der Waals surface area contributed by atoms with E-state index in [1.165, 1.54) is 0 Å². The van der Waals surface area contributed by atoms with Crippen LogP contribution in [0.1, 0.15) is 11.1 Å². The van der Waals surface area contributed by atoms with E-state index in [4.69, 9.17) is 5.26 Å². The number of hydrogen-bond acceptors (Lipinski definition) is 5. The Morgan fingerprint density at radius 1 is 1.24 bits per heavy atom. The highest BCUT2D eigenvalue weighted by Crippen LogP contribution is 2.30. The van der Waals surface area contributed by atoms with E-state index in [1.807, 2.05) is 17.5 Å². The summed E-state index contributed by atoms with van der Waals surface area (Å²) in [6, 6.07) is 13.1. The molecule has 0 atom stereocenters. The topological polar surface area (TPSA) is 85.1 Å². The third-order valence-corrected chi connectivity index (χ3v) is 4.53. The molecule has 1 aromatic carbocycles. The van der Waals surface area contributed by atoms with Crippen LogP contribution in [0.25, 0.3) is 22.2 Å². The van der Waals surface area contributed by atoms with Crippen LogP contribution in [0.3, 0.4) is 0 Å². The molecule has 0 saturated carbocycles. The Labute approximate surface area is 147 Å². The Balaban J connectivity index is 1.78. The fourth-order valence-corrected chi connectivity index (χ4v) is 3.25. The van der Waals surface area contributed by atoms with Crippen LogP contribution in [0, 0.1) is 11.3 Å². The number of pyridine rings is 1. The molecule has 120 valence electrons. The highest BCUT2D eigenvalue weighted by molar-refractivity contribution is 7.08. The van der Waals surface area contributed by atoms with Gasteiger partial charge in [0.05, 0.1) is 22.9 Å². The number of aromatic hydroxyl groups is 1. The number of aromatic nitrogens is 2. The number of nitrogens with one attached hydrogen (secondary N) is 1. The third-order valence-electron chi connectivity index (χ3n) is 3.84. The number of hydrogen-bond donors (Lipinski definition) is 2. The summed E-state index contributed by atoms with van der Waals surface area (Å²) in [4.78, 5) is 11.6. The van der Waals surface area contributed by atoms with E-state index in [9.17, 15) is 5.11 Å². The minimum absolute atomic E-state index is 0.0187. The van der Waals surface area contributed by atoms with Crippen molar-refractivity contribution in [2.75, 3.05) is 0 Å². The van der Waals surface area contributed by atoms with Gasteiger partial charge in [-0.25, -0.2) is 4.98 Å². The number of fused-ring (bicyclic) bond motifs is 1. The molecular formula is C19H12N4OS. The van der Waals surface area contributed by atoms with Crippen LogP contribution >= 0.6 is 11.3 Å². The summed E-state index contributed by atoms with van der Waals surface area (Å²) < 4.78 is 0. The molecule has 0 unspecified atom stereocenters. The van der Waals surface area contributed by atoms with Crippen LogP contribution in [0.2, 0.25) is 0 Å². The van der Waals surface area contributed by atoms with Gasteiger partial charge in [-0.3, -0.25) is 4.99 Å². The van der Waals surface area contributed by atoms with E-state index in [-0.39, 0.29) is 5.88 Å². The lowest BCUT2D eigenvalue weighted by molar-refractivity contribution is 0.457. The number of nitrogens with zero attached hydrogens (tertiary/aromatic N) is 3. The van der Waals surface area contributed by atoms with E-state index < -0.39 is 0 Å². The van der Waals surface area contributed by atoms with Crippen LogP contribution in [-0.2, 0) is 0 Å². The smallest absolute Gasteiger partial charge is 0.199 e. The third kappa shape index (κ3) is 2.89. The van der Waals surface area contributed by atoms with Crippen molar-refractivity contribution in [3.8, 4) is 23.1 Å². The summed E-state index contributed by atoms with van der Waals surface area (Å²) >= 11 is 1.62. The van der Waals surface area contributed by atoms with Crippen LogP contribution in [0.15, 0.2) is 58.3 Å². The molecule has 3 heterocycles. The van der Waals surface area contributed by atoms with Crippen molar-refractivity contribution in [2.45, 2.75) is 0 Å². The standard InChI is InChI=1S/C19H12N4OS/c20-8-12-2-1-3-15(6-12)21-10-17-16-7-14(13-4-5-25-11-13)9-22-18(16)23-19(17)24/h1-7,9-11,24H,(H,22,23). The van der Waals surface area contributed by atoms with Crippen molar-refractivity contribution < 1.29 is 5.11 Å². The molecule has 0 aliphatic carbocycles. The van der Waals surface area contributed by atoms with Crippen LogP contribution in [0.4, 0.5) is 5.69 Å². The van der Waals surface area contributed by atoms with Gasteiger partial charge in [-0.2, -0.15) is 16.6 Å². The largest absolute Gasteiger partial charge is 0.494 e. The summed E-state index contributed by atoms with van der Waals surface area (Å²) in [7, 11) is 0. The highest BCUT2D eigenvalue weighted by Gasteiger charge is 2.11. The number of aromatic amines is 1. The molecule has 6 heteroatoms. The molecule has 25 heavy (non-hydrogen) atoms. The van der Waals surface area contributed by atoms with Gasteiger partial charge in [-0.15, -0.1) is 0 Å². The fourth-order valence-electron chi connectivity index (χ4n) is 2.59. The molecule has 4 aromatic rings. The first-order valence-electron chi connectivity index (χ1n) is 7.52. The van der Waals surface area contributed by atoms with Gasteiger partial charge in [0.1, 0.15) is 5.65 Å². The fraction of sp³-hybridized carbons (Fsp3) is 0. The predicted octanol–water partition coefficient (Wildman–Crippen LogP) is 4.62. The molecule has 0 bridgehead atoms. The maximum absolute atomic E-state index is 10.2. The van der Waals surface area contributed by atoms with Crippen molar-refractivity contribution in [3.05, 3.63) is 64.5 Å². The van der Waals surface area contributed by atoms with E-state index in [0.29, 0.717) is 22.5 Å². The zero-order chi connectivity index (χ0) is 17.2. The second kappa shape index (κ2) is 6.23. The Bertz CT molecular complexity index is 1120. The average molecular weight is 344 g/mol. The van der Waals surface area contributed by atoms with Crippen LogP contribution in [-0.4, -0.2) is 21.3 Å². The molecule has 0 fully saturated rings. The van der Waals surface area contributed by atoms with Crippen molar-refractivity contribution in [2.24, 2.45) is 4.99 Å². The summed E-state index contributed by atoms with van der Waals surface area (Å²) in [5.41, 5.74) is 4.43. The lowest BCUT2D eigenvalue weighted by atomic mass is 10.1. The first kappa shape index (κ1) is 15.1. The monoisotopic (exact) mass is 344 g/mol. The molecule has 0 aliphatic heterocycles. The summed E-state index contributed by atoms with van der Waals surface area (Å²) in [6.07, 6.45) is 3.36. The molecule has 4 rings (SSSR count). The van der Waals surface area contributed by atoms with Gasteiger partial charge in [0.15, 0.2) is 5.88 Å². The first-order valence-corrected chi connectivity index (χ1v) is 8.46. The number of benzene rings is 1. The summed E-state index contributed by atoms with van der Waals surface area (Å²) in [6.45, 7) is 0. The SMILES string of the molecule is N#Cc1cccc(N=Cc2c(O)[nH]c3ncc(-c4ccsc4)cc23)c1. The zero-order valence-electron chi connectivity index (χ0n) is 13.0. The lowest BCUT2D eigenvalue weighted by Crippen LogP contribution is -1.83. The van der Waals surface area contributed by atoms with E-state index in [0.717, 1.165) is 16.5 Å². The van der Waals surface area contributed by atoms with Gasteiger partial charge in [0.2, 0.25) is 0 Å². The molecule has 0 amide bonds. The van der Waals surface area contributed by atoms with Crippen molar-refractivity contribution in [1.82, 2.24) is 9.97 Å². The number of aliphatic imine (C=N–C) groups is 1. The van der Waals surface area contributed by atoms with Gasteiger partial charge in [-0.05, 0) is 46.7 Å². The van der Waals surface area contributed by atoms with Crippen molar-refractivity contribution >= 4 is 34.3 Å². The normalized spacial score (nSPS) is 11.2. The molecule has 0 radical (unpaired) electrons. The quantitative estimate of drug-likeness (QED) is 0.532. The molecule has 0 spiro atoms. The Morgan fingerprint density at radius 2 is 2.16 bits per heavy atom. The maximum Gasteiger partial charge on any atom is 0.199 e. The van der Waals surface area contributed by atoms with Gasteiger partial charge in [0, 0.05) is 23.4 Å². The van der Waals surface area contributed by atoms with E-state index in [2.05, 4.69) is 26.4 Å². The summed E-state index contributed by atoms with van der Waals surface area (Å²) in [5.74, 6) is 0.0187. The minimum atomic E-state index is 0.0187. The second-order valence-corrected chi connectivity index (χ2v) is 6.22. The van der Waals surface area contributed by atoms with E-state index >= 15 is 0 Å². The van der Waals surface area contributed by atoms with Crippen molar-refractivity contribution in [1.29, 1.82) is 5.26 Å². The first-order chi connectivity index (χ1) is 12.2. The second-order valence-electron chi connectivity index (χ2n) is 5.44. The molecule has 2 N–H and O–H groups in total. The maximum atomic E-state index is 10.2. The molecule has 0 saturated heterocycles. The van der Waals surface area contributed by atoms with E-state index in [1.54, 1.807) is 48.0 Å². The van der Waals surface area contributed by atoms with Gasteiger partial charge >= 0.3 is 0 Å². The Morgan fingerprint density at radius 3 is 2.96 bits per heavy atom. The van der Waals surface area contributed by atoms with Gasteiger partial charge in [-0.1, -0.05) is 6.07 Å². The summed E-state index contributed by atoms with van der Waals surface area (Å²) in [5, 5.41) is 24.0. The van der Waals surface area contributed by atoms with Crippen molar-refractivity contribution in [3.63, 3.8) is 0 Å². The average Bonchev–Trinajstić information content (AvgIpc) is 3.27. The molecular weight excluding hydrogens is 332 g/mol. The lowest BCUT2D eigenvalue weighted by Gasteiger charge is -1.98. The number of rotatable bonds is 3.